The minimum atomic E-state index is -1.06. The highest BCUT2D eigenvalue weighted by atomic mass is 32.1. The first-order valence-corrected chi connectivity index (χ1v) is 13.4. The molecule has 0 fully saturated rings. The van der Waals surface area contributed by atoms with Gasteiger partial charge in [0.05, 0.1) is 20.4 Å². The van der Waals surface area contributed by atoms with Crippen LogP contribution in [0.2, 0.25) is 0 Å². The van der Waals surface area contributed by atoms with Crippen LogP contribution in [0.5, 0.6) is 0 Å². The Morgan fingerprint density at radius 2 is 1.18 bits per heavy atom. The number of aromatic carboxylic acids is 1. The van der Waals surface area contributed by atoms with Gasteiger partial charge in [-0.05, 0) is 22.9 Å². The van der Waals surface area contributed by atoms with Crippen LogP contribution in [-0.2, 0) is 13.1 Å². The predicted octanol–water partition coefficient (Wildman–Crippen LogP) is 4.09. The number of carboxylic acid groups (broad SMARTS) is 1. The van der Waals surface area contributed by atoms with Crippen molar-refractivity contribution in [2.75, 3.05) is 10.6 Å². The van der Waals surface area contributed by atoms with E-state index < -0.39 is 5.97 Å². The standard InChI is InChI=1S/C13H11N5OS.C12H9N5O2S/c1-8(19)11-12-10(2-3-20-12)17-13(18-11)16-6-9-4-14-7-15-5-9;18-11(19)9-10-8(1-2-20-10)16-12(17-9)15-5-7-3-13-6-14-4-7/h2-5,7H,6H2,1H3,(H,16,17,18);1-4,6H,5H2,(H,18,19)(H,15,16,17). The first kappa shape index (κ1) is 26.6. The van der Waals surface area contributed by atoms with E-state index in [2.05, 4.69) is 50.5 Å². The third-order valence-electron chi connectivity index (χ3n) is 5.27. The maximum atomic E-state index is 11.7. The number of nitrogens with zero attached hydrogens (tertiary/aromatic N) is 8. The van der Waals surface area contributed by atoms with Crippen LogP contribution in [0.25, 0.3) is 20.4 Å². The Kier molecular flexibility index (Phi) is 8.13. The monoisotopic (exact) mass is 572 g/mol. The van der Waals surface area contributed by atoms with Gasteiger partial charge in [-0.3, -0.25) is 4.79 Å². The van der Waals surface area contributed by atoms with Gasteiger partial charge in [0.1, 0.15) is 18.3 Å². The first-order valence-electron chi connectivity index (χ1n) is 11.7. The summed E-state index contributed by atoms with van der Waals surface area (Å²) in [7, 11) is 0. The number of Topliss-reactive ketones (excluding diaryl/α,β-unsaturated/α-hetero) is 1. The van der Waals surface area contributed by atoms with Gasteiger partial charge in [0.25, 0.3) is 0 Å². The highest BCUT2D eigenvalue weighted by molar-refractivity contribution is 7.17. The van der Waals surface area contributed by atoms with Crippen molar-refractivity contribution in [3.05, 3.63) is 82.8 Å². The van der Waals surface area contributed by atoms with Crippen LogP contribution < -0.4 is 10.6 Å². The Morgan fingerprint density at radius 3 is 1.62 bits per heavy atom. The predicted molar refractivity (Wildman–Crippen MR) is 151 cm³/mol. The van der Waals surface area contributed by atoms with Gasteiger partial charge in [-0.15, -0.1) is 22.7 Å². The smallest absolute Gasteiger partial charge is 0.356 e. The van der Waals surface area contributed by atoms with E-state index in [0.29, 0.717) is 34.9 Å². The van der Waals surface area contributed by atoms with Crippen molar-refractivity contribution < 1.29 is 14.7 Å². The molecule has 6 heterocycles. The molecule has 0 saturated carbocycles. The van der Waals surface area contributed by atoms with Gasteiger partial charge >= 0.3 is 5.97 Å². The van der Waals surface area contributed by atoms with E-state index in [9.17, 15) is 14.7 Å². The van der Waals surface area contributed by atoms with E-state index in [0.717, 1.165) is 21.3 Å². The lowest BCUT2D eigenvalue weighted by molar-refractivity contribution is 0.0693. The van der Waals surface area contributed by atoms with Crippen molar-refractivity contribution in [1.82, 2.24) is 39.9 Å². The molecule has 6 rings (SSSR count). The van der Waals surface area contributed by atoms with Crippen molar-refractivity contribution in [3.63, 3.8) is 0 Å². The Hall–Kier alpha value is -5.02. The Bertz CT molecular complexity index is 1650. The molecule has 0 radical (unpaired) electrons. The highest BCUT2D eigenvalue weighted by Gasteiger charge is 2.15. The van der Waals surface area contributed by atoms with E-state index in [1.165, 1.54) is 42.3 Å². The summed E-state index contributed by atoms with van der Waals surface area (Å²) in [4.78, 5) is 55.5. The number of carboxylic acids is 1. The number of carbonyl (C=O) groups is 2. The molecule has 13 nitrogen and oxygen atoms in total. The van der Waals surface area contributed by atoms with Gasteiger partial charge in [-0.1, -0.05) is 0 Å². The Morgan fingerprint density at radius 1 is 0.725 bits per heavy atom. The quantitative estimate of drug-likeness (QED) is 0.222. The molecule has 6 aromatic heterocycles. The second-order valence-corrected chi connectivity index (χ2v) is 9.96. The number of hydrogen-bond donors (Lipinski definition) is 3. The van der Waals surface area contributed by atoms with Crippen LogP contribution in [0.1, 0.15) is 39.0 Å². The molecule has 200 valence electrons. The van der Waals surface area contributed by atoms with Crippen LogP contribution in [0.15, 0.2) is 60.3 Å². The van der Waals surface area contributed by atoms with Crippen LogP contribution in [0, 0.1) is 0 Å². The van der Waals surface area contributed by atoms with E-state index >= 15 is 0 Å². The first-order chi connectivity index (χ1) is 19.5. The fourth-order valence-electron chi connectivity index (χ4n) is 3.47. The van der Waals surface area contributed by atoms with Crippen LogP contribution in [0.3, 0.4) is 0 Å². The van der Waals surface area contributed by atoms with Crippen molar-refractivity contribution in [1.29, 1.82) is 0 Å². The number of aromatic nitrogens is 8. The van der Waals surface area contributed by atoms with Crippen molar-refractivity contribution in [3.8, 4) is 0 Å². The zero-order valence-electron chi connectivity index (χ0n) is 20.8. The van der Waals surface area contributed by atoms with E-state index in [-0.39, 0.29) is 17.4 Å². The summed E-state index contributed by atoms with van der Waals surface area (Å²) < 4.78 is 1.40. The highest BCUT2D eigenvalue weighted by Crippen LogP contribution is 2.25. The summed E-state index contributed by atoms with van der Waals surface area (Å²) in [5.41, 5.74) is 3.65. The summed E-state index contributed by atoms with van der Waals surface area (Å²) in [6, 6.07) is 3.65. The SMILES string of the molecule is CC(=O)c1nc(NCc2cncnc2)nc2ccsc12.O=C(O)c1nc(NCc2cncnc2)nc2ccsc12. The number of anilines is 2. The molecule has 0 unspecified atom stereocenters. The van der Waals surface area contributed by atoms with Crippen molar-refractivity contribution in [2.45, 2.75) is 20.0 Å². The van der Waals surface area contributed by atoms with Gasteiger partial charge in [0.2, 0.25) is 11.9 Å². The van der Waals surface area contributed by atoms with Crippen LogP contribution >= 0.6 is 22.7 Å². The lowest BCUT2D eigenvalue weighted by Gasteiger charge is -2.06. The summed E-state index contributed by atoms with van der Waals surface area (Å²) in [6.07, 6.45) is 9.69. The van der Waals surface area contributed by atoms with Crippen molar-refractivity contribution >= 4 is 66.8 Å². The number of carbonyl (C=O) groups excluding carboxylic acids is 1. The number of thiophene rings is 2. The molecule has 3 N–H and O–H groups in total. The largest absolute Gasteiger partial charge is 0.476 e. The number of nitrogens with one attached hydrogen (secondary N) is 2. The fourth-order valence-corrected chi connectivity index (χ4v) is 5.15. The third kappa shape index (κ3) is 6.33. The molecular weight excluding hydrogens is 552 g/mol. The number of ketones is 1. The molecule has 0 amide bonds. The maximum absolute atomic E-state index is 11.7. The second kappa shape index (κ2) is 12.2. The van der Waals surface area contributed by atoms with Gasteiger partial charge in [-0.25, -0.2) is 44.7 Å². The van der Waals surface area contributed by atoms with Gasteiger partial charge in [0.15, 0.2) is 11.5 Å². The zero-order chi connectivity index (χ0) is 27.9. The summed E-state index contributed by atoms with van der Waals surface area (Å²) in [5, 5.41) is 18.9. The van der Waals surface area contributed by atoms with E-state index in [4.69, 9.17) is 0 Å². The zero-order valence-corrected chi connectivity index (χ0v) is 22.5. The lowest BCUT2D eigenvalue weighted by atomic mass is 10.3. The second-order valence-electron chi connectivity index (χ2n) is 8.12. The molecule has 0 aliphatic heterocycles. The molecule has 0 aliphatic rings. The van der Waals surface area contributed by atoms with Gasteiger partial charge in [-0.2, -0.15) is 0 Å². The minimum Gasteiger partial charge on any atom is -0.476 e. The number of hydrogen-bond acceptors (Lipinski definition) is 14. The summed E-state index contributed by atoms with van der Waals surface area (Å²) >= 11 is 2.78. The molecule has 0 spiro atoms. The number of rotatable bonds is 8. The molecule has 40 heavy (non-hydrogen) atoms. The molecule has 0 aliphatic carbocycles. The molecule has 6 aromatic rings. The normalized spacial score (nSPS) is 10.6. The third-order valence-corrected chi connectivity index (χ3v) is 7.09. The van der Waals surface area contributed by atoms with Crippen LogP contribution in [-0.4, -0.2) is 56.7 Å². The van der Waals surface area contributed by atoms with E-state index in [1.54, 1.807) is 36.2 Å². The topological polar surface area (TPSA) is 182 Å². The van der Waals surface area contributed by atoms with Crippen molar-refractivity contribution in [2.24, 2.45) is 0 Å². The minimum absolute atomic E-state index is 0.0109. The Labute approximate surface area is 234 Å². The summed E-state index contributed by atoms with van der Waals surface area (Å²) in [5.74, 6) is -0.418. The molecule has 0 saturated heterocycles. The molecule has 0 aromatic carbocycles. The molecule has 0 bridgehead atoms. The number of fused-ring (bicyclic) bond motifs is 2. The van der Waals surface area contributed by atoms with E-state index in [1.807, 2.05) is 11.4 Å². The van der Waals surface area contributed by atoms with Crippen LogP contribution in [0.4, 0.5) is 11.9 Å². The maximum Gasteiger partial charge on any atom is 0.356 e. The average Bonchev–Trinajstić information content (AvgIpc) is 3.65. The van der Waals surface area contributed by atoms with Gasteiger partial charge in [0, 0.05) is 55.9 Å². The fraction of sp³-hybridized carbons (Fsp3) is 0.120. The van der Waals surface area contributed by atoms with Gasteiger partial charge < -0.3 is 15.7 Å². The molecular formula is C25H20N10O3S2. The lowest BCUT2D eigenvalue weighted by Crippen LogP contribution is -2.08. The summed E-state index contributed by atoms with van der Waals surface area (Å²) in [6.45, 7) is 2.44. The molecule has 0 atom stereocenters. The average molecular weight is 573 g/mol. The Balaban J connectivity index is 0.000000161. The molecule has 15 heteroatoms.